The Morgan fingerprint density at radius 2 is 1.50 bits per heavy atom. The monoisotopic (exact) mass is 281 g/mol. The molecule has 2 aliphatic carbocycles. The van der Waals surface area contributed by atoms with Gasteiger partial charge < -0.3 is 5.73 Å². The van der Waals surface area contributed by atoms with Crippen LogP contribution in [0.1, 0.15) is 36.8 Å². The first-order valence-corrected chi connectivity index (χ1v) is 6.10. The molecule has 1 nitrogen and oxygen atoms in total. The molecule has 88 valence electrons. The summed E-state index contributed by atoms with van der Waals surface area (Å²) in [5, 5.41) is 0. The molecule has 0 aliphatic heterocycles. The van der Waals surface area contributed by atoms with Crippen LogP contribution in [0.25, 0.3) is 0 Å². The van der Waals surface area contributed by atoms with E-state index in [0.29, 0.717) is 11.5 Å². The summed E-state index contributed by atoms with van der Waals surface area (Å²) in [6.07, 6.45) is 7.74. The third kappa shape index (κ3) is 2.05. The topological polar surface area (TPSA) is 26.0 Å². The van der Waals surface area contributed by atoms with Gasteiger partial charge in [-0.1, -0.05) is 24.3 Å². The zero-order valence-corrected chi connectivity index (χ0v) is 11.3. The van der Waals surface area contributed by atoms with Crippen LogP contribution in [0.5, 0.6) is 0 Å². The van der Waals surface area contributed by atoms with Gasteiger partial charge in [0.05, 0.1) is 0 Å². The van der Waals surface area contributed by atoms with Crippen molar-refractivity contribution in [2.45, 2.75) is 44.6 Å². The van der Waals surface area contributed by atoms with E-state index in [0.717, 1.165) is 0 Å². The van der Waals surface area contributed by atoms with Gasteiger partial charge in [-0.25, -0.2) is 0 Å². The fourth-order valence-corrected chi connectivity index (χ4v) is 3.38. The van der Waals surface area contributed by atoms with Gasteiger partial charge in [-0.3, -0.25) is 0 Å². The van der Waals surface area contributed by atoms with Crippen LogP contribution in [0.2, 0.25) is 0 Å². The van der Waals surface area contributed by atoms with E-state index in [1.54, 1.807) is 11.1 Å². The maximum Gasteiger partial charge on any atom is 0.00392 e. The van der Waals surface area contributed by atoms with Crippen LogP contribution in [0.4, 0.5) is 0 Å². The van der Waals surface area contributed by atoms with Crippen molar-refractivity contribution in [1.82, 2.24) is 0 Å². The number of nitrogens with two attached hydrogens (primary N) is 1. The van der Waals surface area contributed by atoms with Crippen LogP contribution < -0.4 is 5.73 Å². The first kappa shape index (κ1) is 12.1. The van der Waals surface area contributed by atoms with Gasteiger partial charge >= 0.3 is 0 Å². The minimum Gasteiger partial charge on any atom is -0.328 e. The third-order valence-electron chi connectivity index (χ3n) is 4.34. The molecule has 0 unspecified atom stereocenters. The second-order valence-corrected chi connectivity index (χ2v) is 5.46. The van der Waals surface area contributed by atoms with Crippen molar-refractivity contribution in [1.29, 1.82) is 0 Å². The number of rotatable bonds is 0. The minimum absolute atomic E-state index is 0. The smallest absolute Gasteiger partial charge is 0.00392 e. The van der Waals surface area contributed by atoms with Gasteiger partial charge in [0.1, 0.15) is 0 Å². The van der Waals surface area contributed by atoms with Crippen molar-refractivity contribution in [3.8, 4) is 0 Å². The molecule has 1 aromatic rings. The Morgan fingerprint density at radius 3 is 2.00 bits per heavy atom. The molecule has 0 atom stereocenters. The quantitative estimate of drug-likeness (QED) is 0.776. The van der Waals surface area contributed by atoms with Crippen molar-refractivity contribution in [2.24, 2.45) is 11.1 Å². The summed E-state index contributed by atoms with van der Waals surface area (Å²) in [5.74, 6) is 0. The number of fused-ring (bicyclic) bond motifs is 1. The summed E-state index contributed by atoms with van der Waals surface area (Å²) in [7, 11) is 0. The van der Waals surface area contributed by atoms with Crippen LogP contribution in [0.3, 0.4) is 0 Å². The predicted octanol–water partition coefficient (Wildman–Crippen LogP) is 3.25. The molecule has 2 N–H and O–H groups in total. The van der Waals surface area contributed by atoms with E-state index in [1.165, 1.54) is 38.5 Å². The van der Waals surface area contributed by atoms with E-state index in [1.807, 2.05) is 0 Å². The van der Waals surface area contributed by atoms with Gasteiger partial charge in [0.25, 0.3) is 0 Å². The van der Waals surface area contributed by atoms with Gasteiger partial charge in [-0.2, -0.15) is 0 Å². The van der Waals surface area contributed by atoms with Crippen LogP contribution in [-0.4, -0.2) is 6.04 Å². The Balaban J connectivity index is 0.000000963. The lowest BCUT2D eigenvalue weighted by molar-refractivity contribution is 0.187. The molecule has 16 heavy (non-hydrogen) atoms. The third-order valence-corrected chi connectivity index (χ3v) is 4.34. The highest BCUT2D eigenvalue weighted by molar-refractivity contribution is 8.93. The van der Waals surface area contributed by atoms with E-state index < -0.39 is 0 Å². The minimum atomic E-state index is 0. The highest BCUT2D eigenvalue weighted by atomic mass is 79.9. The fourth-order valence-electron chi connectivity index (χ4n) is 3.38. The highest BCUT2D eigenvalue weighted by Gasteiger charge is 2.39. The Hall–Kier alpha value is -0.340. The number of hydrogen-bond donors (Lipinski definition) is 1. The van der Waals surface area contributed by atoms with E-state index in [9.17, 15) is 0 Å². The number of benzene rings is 1. The molecule has 1 saturated carbocycles. The molecule has 1 spiro atoms. The van der Waals surface area contributed by atoms with Crippen LogP contribution in [0, 0.1) is 5.41 Å². The molecule has 3 rings (SSSR count). The molecule has 0 saturated heterocycles. The summed E-state index contributed by atoms with van der Waals surface area (Å²) >= 11 is 0. The van der Waals surface area contributed by atoms with Crippen molar-refractivity contribution < 1.29 is 0 Å². The fraction of sp³-hybridized carbons (Fsp3) is 0.571. The van der Waals surface area contributed by atoms with Crippen LogP contribution >= 0.6 is 17.0 Å². The average molecular weight is 282 g/mol. The maximum atomic E-state index is 5.99. The Bertz CT molecular complexity index is 340. The lowest BCUT2D eigenvalue weighted by atomic mass is 9.71. The number of hydrogen-bond acceptors (Lipinski definition) is 1. The van der Waals surface area contributed by atoms with Gasteiger partial charge in [0.2, 0.25) is 0 Å². The Labute approximate surface area is 108 Å². The van der Waals surface area contributed by atoms with Crippen molar-refractivity contribution in [3.63, 3.8) is 0 Å². The summed E-state index contributed by atoms with van der Waals surface area (Å²) in [6.45, 7) is 0. The lowest BCUT2D eigenvalue weighted by Crippen LogP contribution is -2.34. The SMILES string of the molecule is Br.NC1CCC2(CC1)Cc1ccccc1C2. The lowest BCUT2D eigenvalue weighted by Gasteiger charge is -2.36. The molecule has 0 bridgehead atoms. The molecule has 0 amide bonds. The van der Waals surface area contributed by atoms with E-state index in [2.05, 4.69) is 24.3 Å². The summed E-state index contributed by atoms with van der Waals surface area (Å²) in [4.78, 5) is 0. The molecule has 0 heterocycles. The first-order valence-electron chi connectivity index (χ1n) is 6.10. The normalized spacial score (nSPS) is 22.8. The Morgan fingerprint density at radius 1 is 1.00 bits per heavy atom. The zero-order valence-electron chi connectivity index (χ0n) is 9.61. The first-order chi connectivity index (χ1) is 7.27. The van der Waals surface area contributed by atoms with Gasteiger partial charge in [0.15, 0.2) is 0 Å². The average Bonchev–Trinajstić information content (AvgIpc) is 2.61. The molecule has 0 radical (unpaired) electrons. The molecular weight excluding hydrogens is 262 g/mol. The molecule has 1 aromatic carbocycles. The van der Waals surface area contributed by atoms with Crippen molar-refractivity contribution >= 4 is 17.0 Å². The standard InChI is InChI=1S/C14H19N.BrH/c15-13-5-7-14(8-6-13)9-11-3-1-2-4-12(11)10-14;/h1-4,13H,5-10,15H2;1H. The molecule has 2 aliphatic rings. The van der Waals surface area contributed by atoms with E-state index in [-0.39, 0.29) is 17.0 Å². The largest absolute Gasteiger partial charge is 0.328 e. The Kier molecular flexibility index (Phi) is 3.41. The molecular formula is C14H20BrN. The zero-order chi connectivity index (χ0) is 10.3. The van der Waals surface area contributed by atoms with E-state index in [4.69, 9.17) is 5.73 Å². The van der Waals surface area contributed by atoms with Crippen molar-refractivity contribution in [2.75, 3.05) is 0 Å². The molecule has 1 fully saturated rings. The molecule has 0 aromatic heterocycles. The maximum absolute atomic E-state index is 5.99. The highest BCUT2D eigenvalue weighted by Crippen LogP contribution is 2.46. The van der Waals surface area contributed by atoms with Crippen LogP contribution in [-0.2, 0) is 12.8 Å². The van der Waals surface area contributed by atoms with Gasteiger partial charge in [-0.15, -0.1) is 17.0 Å². The van der Waals surface area contributed by atoms with Crippen molar-refractivity contribution in [3.05, 3.63) is 35.4 Å². The second kappa shape index (κ2) is 4.50. The van der Waals surface area contributed by atoms with Crippen LogP contribution in [0.15, 0.2) is 24.3 Å². The van der Waals surface area contributed by atoms with E-state index >= 15 is 0 Å². The summed E-state index contributed by atoms with van der Waals surface area (Å²) < 4.78 is 0. The number of halogens is 1. The second-order valence-electron chi connectivity index (χ2n) is 5.46. The van der Waals surface area contributed by atoms with Gasteiger partial charge in [0, 0.05) is 6.04 Å². The predicted molar refractivity (Wildman–Crippen MR) is 73.0 cm³/mol. The van der Waals surface area contributed by atoms with Gasteiger partial charge in [-0.05, 0) is 55.1 Å². The molecule has 2 heteroatoms. The summed E-state index contributed by atoms with van der Waals surface area (Å²) in [6, 6.07) is 9.43. The summed E-state index contributed by atoms with van der Waals surface area (Å²) in [5.41, 5.74) is 9.76.